The van der Waals surface area contributed by atoms with E-state index >= 15 is 0 Å². The van der Waals surface area contributed by atoms with E-state index in [0.717, 1.165) is 18.4 Å². The molecule has 2 N–H and O–H groups in total. The van der Waals surface area contributed by atoms with Gasteiger partial charge >= 0.3 is 6.61 Å². The predicted octanol–water partition coefficient (Wildman–Crippen LogP) is 2.42. The van der Waals surface area contributed by atoms with Gasteiger partial charge in [0.2, 0.25) is 0 Å². The van der Waals surface area contributed by atoms with Crippen LogP contribution in [0, 0.1) is 6.92 Å². The lowest BCUT2D eigenvalue weighted by molar-refractivity contribution is -0.0504. The first-order chi connectivity index (χ1) is 9.58. The first kappa shape index (κ1) is 14.6. The summed E-state index contributed by atoms with van der Waals surface area (Å²) in [6, 6.07) is 5.62. The van der Waals surface area contributed by atoms with E-state index in [9.17, 15) is 8.78 Å². The fourth-order valence-electron chi connectivity index (χ4n) is 1.85. The molecular formula is C14H19F2N3O. The summed E-state index contributed by atoms with van der Waals surface area (Å²) in [6.45, 7) is -0.524. The maximum Gasteiger partial charge on any atom is 0.387 e. The van der Waals surface area contributed by atoms with E-state index in [2.05, 4.69) is 20.4 Å². The number of aryl methyl sites for hydroxylation is 1. The highest BCUT2D eigenvalue weighted by Gasteiger charge is 2.22. The SMILES string of the molecule is CN=C(NCc1cc(C)ccc1OC(F)F)NC1CC1. The molecule has 0 radical (unpaired) electrons. The van der Waals surface area contributed by atoms with Gasteiger partial charge in [-0.05, 0) is 25.8 Å². The topological polar surface area (TPSA) is 45.7 Å². The van der Waals surface area contributed by atoms with Crippen LogP contribution in [0.5, 0.6) is 5.75 Å². The van der Waals surface area contributed by atoms with Gasteiger partial charge in [0.25, 0.3) is 0 Å². The standard InChI is InChI=1S/C14H19F2N3O/c1-9-3-6-12(20-13(15)16)10(7-9)8-18-14(17-2)19-11-4-5-11/h3,6-7,11,13H,4-5,8H2,1-2H3,(H2,17,18,19). The molecule has 6 heteroatoms. The Balaban J connectivity index is 2.00. The molecule has 1 aromatic carbocycles. The van der Waals surface area contributed by atoms with Crippen molar-refractivity contribution in [2.45, 2.75) is 39.0 Å². The van der Waals surface area contributed by atoms with E-state index in [1.807, 2.05) is 13.0 Å². The van der Waals surface area contributed by atoms with Gasteiger partial charge < -0.3 is 15.4 Å². The Hall–Kier alpha value is -1.85. The smallest absolute Gasteiger partial charge is 0.387 e. The molecule has 0 unspecified atom stereocenters. The van der Waals surface area contributed by atoms with E-state index in [4.69, 9.17) is 0 Å². The summed E-state index contributed by atoms with van der Waals surface area (Å²) in [5.41, 5.74) is 1.68. The van der Waals surface area contributed by atoms with Gasteiger partial charge in [-0.3, -0.25) is 4.99 Å². The summed E-state index contributed by atoms with van der Waals surface area (Å²) >= 11 is 0. The van der Waals surface area contributed by atoms with Crippen LogP contribution in [0.3, 0.4) is 0 Å². The van der Waals surface area contributed by atoms with Gasteiger partial charge in [-0.15, -0.1) is 0 Å². The van der Waals surface area contributed by atoms with E-state index in [0.29, 0.717) is 24.1 Å². The van der Waals surface area contributed by atoms with Crippen LogP contribution in [0.2, 0.25) is 0 Å². The van der Waals surface area contributed by atoms with Crippen LogP contribution in [0.15, 0.2) is 23.2 Å². The maximum atomic E-state index is 12.4. The summed E-state index contributed by atoms with van der Waals surface area (Å²) in [4.78, 5) is 4.10. The van der Waals surface area contributed by atoms with Crippen molar-refractivity contribution < 1.29 is 13.5 Å². The molecule has 1 aliphatic rings. The number of guanidine groups is 1. The lowest BCUT2D eigenvalue weighted by Crippen LogP contribution is -2.38. The molecule has 2 rings (SSSR count). The minimum absolute atomic E-state index is 0.194. The van der Waals surface area contributed by atoms with Gasteiger partial charge in [0, 0.05) is 25.2 Å². The molecule has 0 saturated heterocycles. The van der Waals surface area contributed by atoms with Gasteiger partial charge in [-0.25, -0.2) is 0 Å². The Labute approximate surface area is 117 Å². The van der Waals surface area contributed by atoms with Crippen LogP contribution >= 0.6 is 0 Å². The first-order valence-electron chi connectivity index (χ1n) is 6.60. The van der Waals surface area contributed by atoms with Gasteiger partial charge in [0.05, 0.1) is 0 Å². The molecule has 0 amide bonds. The molecule has 1 aromatic rings. The highest BCUT2D eigenvalue weighted by atomic mass is 19.3. The average molecular weight is 283 g/mol. The second-order valence-corrected chi connectivity index (χ2v) is 4.83. The van der Waals surface area contributed by atoms with Crippen molar-refractivity contribution >= 4 is 5.96 Å². The van der Waals surface area contributed by atoms with Gasteiger partial charge in [0.1, 0.15) is 5.75 Å². The summed E-state index contributed by atoms with van der Waals surface area (Å²) < 4.78 is 29.3. The second-order valence-electron chi connectivity index (χ2n) is 4.83. The molecule has 4 nitrogen and oxygen atoms in total. The van der Waals surface area contributed by atoms with Crippen molar-refractivity contribution in [3.05, 3.63) is 29.3 Å². The minimum Gasteiger partial charge on any atom is -0.434 e. The quantitative estimate of drug-likeness (QED) is 0.644. The molecule has 0 heterocycles. The molecule has 1 saturated carbocycles. The largest absolute Gasteiger partial charge is 0.434 e. The second kappa shape index (κ2) is 6.54. The minimum atomic E-state index is -2.82. The normalized spacial score (nSPS) is 15.3. The molecule has 0 aromatic heterocycles. The van der Waals surface area contributed by atoms with Crippen LogP contribution in [-0.2, 0) is 6.54 Å². The number of aliphatic imine (C=N–C) groups is 1. The number of rotatable bonds is 5. The van der Waals surface area contributed by atoms with Gasteiger partial charge in [-0.1, -0.05) is 17.7 Å². The van der Waals surface area contributed by atoms with E-state index in [-0.39, 0.29) is 5.75 Å². The fraction of sp³-hybridized carbons (Fsp3) is 0.500. The number of hydrogen-bond donors (Lipinski definition) is 2. The van der Waals surface area contributed by atoms with Crippen molar-refractivity contribution in [2.75, 3.05) is 7.05 Å². The lowest BCUT2D eigenvalue weighted by Gasteiger charge is -2.14. The van der Waals surface area contributed by atoms with Crippen LogP contribution in [0.25, 0.3) is 0 Å². The molecule has 0 atom stereocenters. The van der Waals surface area contributed by atoms with E-state index in [1.165, 1.54) is 0 Å². The molecule has 0 bridgehead atoms. The van der Waals surface area contributed by atoms with Crippen molar-refractivity contribution in [3.8, 4) is 5.75 Å². The van der Waals surface area contributed by atoms with Crippen molar-refractivity contribution in [2.24, 2.45) is 4.99 Å². The summed E-state index contributed by atoms with van der Waals surface area (Å²) in [5, 5.41) is 6.35. The van der Waals surface area contributed by atoms with Gasteiger partial charge in [0.15, 0.2) is 5.96 Å². The predicted molar refractivity (Wildman–Crippen MR) is 74.2 cm³/mol. The zero-order chi connectivity index (χ0) is 14.5. The zero-order valence-electron chi connectivity index (χ0n) is 11.6. The van der Waals surface area contributed by atoms with Crippen molar-refractivity contribution in [1.29, 1.82) is 0 Å². The van der Waals surface area contributed by atoms with Crippen LogP contribution < -0.4 is 15.4 Å². The fourth-order valence-corrected chi connectivity index (χ4v) is 1.85. The third kappa shape index (κ3) is 4.36. The van der Waals surface area contributed by atoms with Crippen molar-refractivity contribution in [3.63, 3.8) is 0 Å². The highest BCUT2D eigenvalue weighted by molar-refractivity contribution is 5.80. The number of alkyl halides is 2. The van der Waals surface area contributed by atoms with E-state index < -0.39 is 6.61 Å². The third-order valence-corrected chi connectivity index (χ3v) is 3.02. The lowest BCUT2D eigenvalue weighted by atomic mass is 10.1. The van der Waals surface area contributed by atoms with E-state index in [1.54, 1.807) is 19.2 Å². The Bertz CT molecular complexity index is 487. The number of hydrogen-bond acceptors (Lipinski definition) is 2. The zero-order valence-corrected chi connectivity index (χ0v) is 11.6. The number of ether oxygens (including phenoxy) is 1. The summed E-state index contributed by atoms with van der Waals surface area (Å²) in [6.07, 6.45) is 2.29. The molecule has 1 aliphatic carbocycles. The maximum absolute atomic E-state index is 12.4. The molecule has 20 heavy (non-hydrogen) atoms. The number of nitrogens with zero attached hydrogens (tertiary/aromatic N) is 1. The van der Waals surface area contributed by atoms with Crippen LogP contribution in [0.1, 0.15) is 24.0 Å². The van der Waals surface area contributed by atoms with Crippen molar-refractivity contribution in [1.82, 2.24) is 10.6 Å². The number of halogens is 2. The Morgan fingerprint density at radius 2 is 2.20 bits per heavy atom. The Morgan fingerprint density at radius 1 is 1.45 bits per heavy atom. The Morgan fingerprint density at radius 3 is 2.80 bits per heavy atom. The molecule has 1 fully saturated rings. The highest BCUT2D eigenvalue weighted by Crippen LogP contribution is 2.22. The summed E-state index contributed by atoms with van der Waals surface area (Å²) in [7, 11) is 1.69. The van der Waals surface area contributed by atoms with Crippen LogP contribution in [0.4, 0.5) is 8.78 Å². The molecule has 110 valence electrons. The molecule has 0 aliphatic heterocycles. The number of nitrogens with one attached hydrogen (secondary N) is 2. The average Bonchev–Trinajstić information content (AvgIpc) is 3.20. The Kier molecular flexibility index (Phi) is 4.76. The molecule has 0 spiro atoms. The van der Waals surface area contributed by atoms with Gasteiger partial charge in [-0.2, -0.15) is 8.78 Å². The number of benzene rings is 1. The summed E-state index contributed by atoms with van der Waals surface area (Å²) in [5.74, 6) is 0.872. The van der Waals surface area contributed by atoms with Crippen LogP contribution in [-0.4, -0.2) is 25.7 Å². The first-order valence-corrected chi connectivity index (χ1v) is 6.60. The monoisotopic (exact) mass is 283 g/mol. The molecular weight excluding hydrogens is 264 g/mol. The third-order valence-electron chi connectivity index (χ3n) is 3.02.